The molecule has 2 atom stereocenters. The summed E-state index contributed by atoms with van der Waals surface area (Å²) < 4.78 is 11.8. The van der Waals surface area contributed by atoms with Gasteiger partial charge in [0.1, 0.15) is 11.5 Å². The maximum atomic E-state index is 6.36. The van der Waals surface area contributed by atoms with E-state index < -0.39 is 0 Å². The number of benzene rings is 2. The number of fused-ring (bicyclic) bond motifs is 3. The van der Waals surface area contributed by atoms with Gasteiger partial charge in [0, 0.05) is 17.5 Å². The van der Waals surface area contributed by atoms with Crippen molar-refractivity contribution >= 4 is 17.0 Å². The summed E-state index contributed by atoms with van der Waals surface area (Å²) in [5, 5.41) is 9.16. The Morgan fingerprint density at radius 1 is 1.12 bits per heavy atom. The van der Waals surface area contributed by atoms with Crippen molar-refractivity contribution in [2.75, 3.05) is 7.11 Å². The number of ether oxygens (including phenoxy) is 2. The fraction of sp³-hybridized carbons (Fsp3) is 0.190. The van der Waals surface area contributed by atoms with Crippen LogP contribution < -0.4 is 9.47 Å². The summed E-state index contributed by atoms with van der Waals surface area (Å²) in [4.78, 5) is 1.22. The Kier molecular flexibility index (Phi) is 3.68. The number of nitrogens with zero attached hydrogens (tertiary/aromatic N) is 2. The molecule has 2 aliphatic heterocycles. The van der Waals surface area contributed by atoms with Crippen molar-refractivity contribution in [1.82, 2.24) is 5.01 Å². The highest BCUT2D eigenvalue weighted by molar-refractivity contribution is 7.12. The molecule has 0 saturated heterocycles. The summed E-state index contributed by atoms with van der Waals surface area (Å²) in [6.07, 6.45) is 0.629. The first-order valence-corrected chi connectivity index (χ1v) is 9.50. The van der Waals surface area contributed by atoms with Crippen LogP contribution in [0.5, 0.6) is 11.5 Å². The predicted molar refractivity (Wildman–Crippen MR) is 103 cm³/mol. The van der Waals surface area contributed by atoms with Crippen molar-refractivity contribution in [3.63, 3.8) is 0 Å². The average molecular weight is 362 g/mol. The number of hydrogen-bond donors (Lipinski definition) is 0. The van der Waals surface area contributed by atoms with Crippen LogP contribution in [0.4, 0.5) is 0 Å². The van der Waals surface area contributed by atoms with Gasteiger partial charge in [-0.1, -0.05) is 36.4 Å². The van der Waals surface area contributed by atoms with Crippen LogP contribution in [0.1, 0.15) is 34.7 Å². The maximum absolute atomic E-state index is 6.36. The van der Waals surface area contributed by atoms with Crippen LogP contribution >= 0.6 is 11.3 Å². The van der Waals surface area contributed by atoms with Crippen LogP contribution in [0, 0.1) is 0 Å². The fourth-order valence-corrected chi connectivity index (χ4v) is 4.36. The third-order valence-corrected chi connectivity index (χ3v) is 5.80. The minimum atomic E-state index is -0.262. The Morgan fingerprint density at radius 3 is 2.88 bits per heavy atom. The highest BCUT2D eigenvalue weighted by Crippen LogP contribution is 2.47. The number of para-hydroxylation sites is 1. The van der Waals surface area contributed by atoms with Gasteiger partial charge in [0.25, 0.3) is 0 Å². The van der Waals surface area contributed by atoms with E-state index >= 15 is 0 Å². The molecule has 0 saturated carbocycles. The molecule has 0 unspecified atom stereocenters. The number of thiophene rings is 1. The molecular formula is C21H18N2O2S. The molecule has 130 valence electrons. The zero-order chi connectivity index (χ0) is 17.5. The largest absolute Gasteiger partial charge is 0.497 e. The van der Waals surface area contributed by atoms with E-state index in [1.165, 1.54) is 10.4 Å². The Labute approximate surface area is 156 Å². The molecule has 0 spiro atoms. The van der Waals surface area contributed by atoms with Crippen LogP contribution in [0.3, 0.4) is 0 Å². The first kappa shape index (κ1) is 15.5. The van der Waals surface area contributed by atoms with Crippen molar-refractivity contribution in [2.45, 2.75) is 18.7 Å². The molecule has 0 amide bonds. The molecule has 3 aromatic rings. The van der Waals surface area contributed by atoms with Crippen molar-refractivity contribution < 1.29 is 9.47 Å². The lowest BCUT2D eigenvalue weighted by molar-refractivity contribution is -0.0191. The van der Waals surface area contributed by atoms with Crippen molar-refractivity contribution in [1.29, 1.82) is 0 Å². The van der Waals surface area contributed by atoms with Crippen LogP contribution in [0.15, 0.2) is 71.1 Å². The molecule has 5 rings (SSSR count). The summed E-state index contributed by atoms with van der Waals surface area (Å²) in [6.45, 7) is 0. The standard InChI is InChI=1S/C21H18N2O2S/c1-24-15-7-4-6-14(12-15)21-23-18(16-8-2-3-9-19(16)25-21)13-17(22-23)20-10-5-11-26-20/h2-12,18,21H,13H2,1H3/t18-,21-/m1/s1. The number of hydrazone groups is 1. The van der Waals surface area contributed by atoms with E-state index in [0.29, 0.717) is 0 Å². The predicted octanol–water partition coefficient (Wildman–Crippen LogP) is 5.00. The zero-order valence-corrected chi connectivity index (χ0v) is 15.1. The second-order valence-electron chi connectivity index (χ2n) is 6.41. The van der Waals surface area contributed by atoms with Gasteiger partial charge >= 0.3 is 0 Å². The third kappa shape index (κ3) is 2.47. The van der Waals surface area contributed by atoms with Crippen LogP contribution in [-0.2, 0) is 0 Å². The number of methoxy groups -OCH3 is 1. The second-order valence-corrected chi connectivity index (χ2v) is 7.36. The molecule has 0 N–H and O–H groups in total. The minimum Gasteiger partial charge on any atom is -0.497 e. The van der Waals surface area contributed by atoms with Gasteiger partial charge in [0.2, 0.25) is 6.23 Å². The van der Waals surface area contributed by atoms with Crippen molar-refractivity contribution in [3.05, 3.63) is 82.0 Å². The molecule has 4 nitrogen and oxygen atoms in total. The van der Waals surface area contributed by atoms with Crippen LogP contribution in [-0.4, -0.2) is 17.8 Å². The molecule has 0 bridgehead atoms. The summed E-state index contributed by atoms with van der Waals surface area (Å²) in [5.41, 5.74) is 3.36. The van der Waals surface area contributed by atoms with Crippen LogP contribution in [0.25, 0.3) is 0 Å². The van der Waals surface area contributed by atoms with Crippen molar-refractivity contribution in [3.8, 4) is 11.5 Å². The van der Waals surface area contributed by atoms with Gasteiger partial charge in [0.05, 0.1) is 23.7 Å². The summed E-state index contributed by atoms with van der Waals surface area (Å²) >= 11 is 1.73. The lowest BCUT2D eigenvalue weighted by Crippen LogP contribution is -2.33. The quantitative estimate of drug-likeness (QED) is 0.658. The molecule has 2 aromatic carbocycles. The Morgan fingerprint density at radius 2 is 2.04 bits per heavy atom. The van der Waals surface area contributed by atoms with E-state index in [1.54, 1.807) is 18.4 Å². The monoisotopic (exact) mass is 362 g/mol. The molecule has 2 aliphatic rings. The van der Waals surface area contributed by atoms with E-state index in [9.17, 15) is 0 Å². The molecule has 1 aromatic heterocycles. The normalized spacial score (nSPS) is 20.8. The van der Waals surface area contributed by atoms with Gasteiger partial charge in [0.15, 0.2) is 0 Å². The zero-order valence-electron chi connectivity index (χ0n) is 14.3. The number of hydrogen-bond acceptors (Lipinski definition) is 5. The topological polar surface area (TPSA) is 34.1 Å². The summed E-state index contributed by atoms with van der Waals surface area (Å²) in [5.74, 6) is 1.76. The van der Waals surface area contributed by atoms with Crippen molar-refractivity contribution in [2.24, 2.45) is 5.10 Å². The van der Waals surface area contributed by atoms with Gasteiger partial charge in [-0.15, -0.1) is 11.3 Å². The molecule has 0 fully saturated rings. The smallest absolute Gasteiger partial charge is 0.214 e. The lowest BCUT2D eigenvalue weighted by atomic mass is 9.98. The van der Waals surface area contributed by atoms with E-state index in [2.05, 4.69) is 40.7 Å². The minimum absolute atomic E-state index is 0.188. The van der Waals surface area contributed by atoms with Gasteiger partial charge in [-0.3, -0.25) is 0 Å². The third-order valence-electron chi connectivity index (χ3n) is 4.88. The van der Waals surface area contributed by atoms with E-state index in [-0.39, 0.29) is 12.3 Å². The SMILES string of the molecule is COc1cccc([C@H]2Oc3ccccc3[C@H]3CC(c4cccs4)=NN32)c1. The van der Waals surface area contributed by atoms with Gasteiger partial charge in [-0.05, 0) is 29.6 Å². The molecule has 0 radical (unpaired) electrons. The summed E-state index contributed by atoms with van der Waals surface area (Å²) in [6, 6.07) is 20.7. The molecule has 26 heavy (non-hydrogen) atoms. The molecule has 5 heteroatoms. The van der Waals surface area contributed by atoms with Crippen LogP contribution in [0.2, 0.25) is 0 Å². The Bertz CT molecular complexity index is 968. The highest BCUT2D eigenvalue weighted by Gasteiger charge is 2.41. The van der Waals surface area contributed by atoms with Gasteiger partial charge < -0.3 is 9.47 Å². The highest BCUT2D eigenvalue weighted by atomic mass is 32.1. The Balaban J connectivity index is 1.60. The average Bonchev–Trinajstić information content (AvgIpc) is 3.37. The molecule has 0 aliphatic carbocycles. The summed E-state index contributed by atoms with van der Waals surface area (Å²) in [7, 11) is 1.68. The first-order chi connectivity index (χ1) is 12.8. The number of rotatable bonds is 3. The second kappa shape index (κ2) is 6.18. The lowest BCUT2D eigenvalue weighted by Gasteiger charge is -2.38. The van der Waals surface area contributed by atoms with E-state index in [4.69, 9.17) is 14.6 Å². The maximum Gasteiger partial charge on any atom is 0.214 e. The molecule has 3 heterocycles. The van der Waals surface area contributed by atoms with E-state index in [0.717, 1.165) is 29.2 Å². The van der Waals surface area contributed by atoms with E-state index in [1.807, 2.05) is 30.3 Å². The first-order valence-electron chi connectivity index (χ1n) is 8.63. The fourth-order valence-electron chi connectivity index (χ4n) is 3.64. The van der Waals surface area contributed by atoms with Gasteiger partial charge in [-0.2, -0.15) is 5.10 Å². The Hall–Kier alpha value is -2.79. The van der Waals surface area contributed by atoms with Gasteiger partial charge in [-0.25, -0.2) is 5.01 Å². The molecular weight excluding hydrogens is 344 g/mol.